The number of amides is 1. The number of benzene rings is 2. The number of aromatic nitrogens is 1. The molecule has 0 aliphatic rings. The summed E-state index contributed by atoms with van der Waals surface area (Å²) < 4.78 is 0.928. The van der Waals surface area contributed by atoms with Crippen molar-refractivity contribution in [1.29, 1.82) is 0 Å². The summed E-state index contributed by atoms with van der Waals surface area (Å²) in [5.74, 6) is -0.143. The van der Waals surface area contributed by atoms with E-state index in [9.17, 15) is 9.59 Å². The molecule has 2 N–H and O–H groups in total. The van der Waals surface area contributed by atoms with E-state index in [4.69, 9.17) is 0 Å². The number of hydrogen-bond donors (Lipinski definition) is 2. The van der Waals surface area contributed by atoms with Gasteiger partial charge in [-0.25, -0.2) is 0 Å². The third-order valence-corrected chi connectivity index (χ3v) is 4.39. The first-order valence-electron chi connectivity index (χ1n) is 7.69. The molecule has 1 aromatic heterocycles. The number of halogens is 1. The van der Waals surface area contributed by atoms with E-state index in [-0.39, 0.29) is 11.5 Å². The molecule has 0 fully saturated rings. The predicted octanol–water partition coefficient (Wildman–Crippen LogP) is 3.57. The van der Waals surface area contributed by atoms with Gasteiger partial charge in [0.05, 0.1) is 0 Å². The first-order chi connectivity index (χ1) is 11.5. The summed E-state index contributed by atoms with van der Waals surface area (Å²) in [6.07, 6.45) is 0.488. The Morgan fingerprint density at radius 2 is 1.88 bits per heavy atom. The van der Waals surface area contributed by atoms with Crippen molar-refractivity contribution in [2.45, 2.75) is 13.3 Å². The average molecular weight is 385 g/mol. The number of aryl methyl sites for hydroxylation is 1. The Kier molecular flexibility index (Phi) is 4.81. The van der Waals surface area contributed by atoms with Gasteiger partial charge in [0.2, 0.25) is 0 Å². The number of nitrogens with one attached hydrogen (secondary N) is 2. The van der Waals surface area contributed by atoms with Gasteiger partial charge in [-0.05, 0) is 61.2 Å². The standard InChI is InChI=1S/C19H17BrN2O2/c1-12-2-7-17-15(10-12)11-14(19(24)22-17)8-9-21-18(23)13-3-5-16(20)6-4-13/h2-7,10-11H,8-9H2,1H3,(H,21,23)(H,22,24). The zero-order valence-corrected chi connectivity index (χ0v) is 14.8. The van der Waals surface area contributed by atoms with Gasteiger partial charge in [-0.15, -0.1) is 0 Å². The first-order valence-corrected chi connectivity index (χ1v) is 8.48. The Labute approximate surface area is 148 Å². The van der Waals surface area contributed by atoms with E-state index < -0.39 is 0 Å². The molecule has 1 amide bonds. The molecule has 24 heavy (non-hydrogen) atoms. The number of rotatable bonds is 4. The molecule has 0 aliphatic heterocycles. The zero-order valence-electron chi connectivity index (χ0n) is 13.2. The molecule has 4 nitrogen and oxygen atoms in total. The lowest BCUT2D eigenvalue weighted by Gasteiger charge is -2.07. The van der Waals surface area contributed by atoms with Gasteiger partial charge in [-0.2, -0.15) is 0 Å². The SMILES string of the molecule is Cc1ccc2[nH]c(=O)c(CCNC(=O)c3ccc(Br)cc3)cc2c1. The predicted molar refractivity (Wildman–Crippen MR) is 99.5 cm³/mol. The van der Waals surface area contributed by atoms with E-state index in [0.717, 1.165) is 20.9 Å². The highest BCUT2D eigenvalue weighted by Crippen LogP contribution is 2.13. The minimum Gasteiger partial charge on any atom is -0.352 e. The summed E-state index contributed by atoms with van der Waals surface area (Å²) in [5, 5.41) is 3.85. The van der Waals surface area contributed by atoms with Crippen molar-refractivity contribution in [2.24, 2.45) is 0 Å². The van der Waals surface area contributed by atoms with Crippen LogP contribution >= 0.6 is 15.9 Å². The summed E-state index contributed by atoms with van der Waals surface area (Å²) in [5.41, 5.74) is 3.13. The quantitative estimate of drug-likeness (QED) is 0.721. The van der Waals surface area contributed by atoms with Gasteiger partial charge < -0.3 is 10.3 Å². The lowest BCUT2D eigenvalue weighted by atomic mass is 10.1. The second kappa shape index (κ2) is 7.01. The lowest BCUT2D eigenvalue weighted by Crippen LogP contribution is -2.27. The number of carbonyl (C=O) groups is 1. The monoisotopic (exact) mass is 384 g/mol. The van der Waals surface area contributed by atoms with E-state index >= 15 is 0 Å². The summed E-state index contributed by atoms with van der Waals surface area (Å²) in [7, 11) is 0. The Bertz CT molecular complexity index is 946. The molecule has 0 bridgehead atoms. The molecule has 0 unspecified atom stereocenters. The van der Waals surface area contributed by atoms with Gasteiger partial charge in [0.1, 0.15) is 0 Å². The number of fused-ring (bicyclic) bond motifs is 1. The van der Waals surface area contributed by atoms with Crippen molar-refractivity contribution < 1.29 is 4.79 Å². The second-order valence-electron chi connectivity index (χ2n) is 5.73. The molecule has 3 rings (SSSR count). The number of aromatic amines is 1. The fraction of sp³-hybridized carbons (Fsp3) is 0.158. The summed E-state index contributed by atoms with van der Waals surface area (Å²) in [6, 6.07) is 15.0. The molecule has 0 atom stereocenters. The zero-order chi connectivity index (χ0) is 17.1. The number of carbonyl (C=O) groups excluding carboxylic acids is 1. The van der Waals surface area contributed by atoms with Crippen molar-refractivity contribution in [3.63, 3.8) is 0 Å². The highest BCUT2D eigenvalue weighted by molar-refractivity contribution is 9.10. The molecule has 0 radical (unpaired) electrons. The van der Waals surface area contributed by atoms with Crippen molar-refractivity contribution in [3.05, 3.63) is 80.0 Å². The third-order valence-electron chi connectivity index (χ3n) is 3.86. The van der Waals surface area contributed by atoms with Crippen molar-refractivity contribution in [2.75, 3.05) is 6.54 Å². The smallest absolute Gasteiger partial charge is 0.251 e. The highest BCUT2D eigenvalue weighted by atomic mass is 79.9. The number of pyridine rings is 1. The van der Waals surface area contributed by atoms with Crippen LogP contribution in [0.1, 0.15) is 21.5 Å². The lowest BCUT2D eigenvalue weighted by molar-refractivity contribution is 0.0954. The maximum atomic E-state index is 12.1. The number of H-pyrrole nitrogens is 1. The van der Waals surface area contributed by atoms with E-state index in [2.05, 4.69) is 26.2 Å². The molecule has 0 saturated carbocycles. The van der Waals surface area contributed by atoms with Crippen LogP contribution in [0.15, 0.2) is 57.8 Å². The highest BCUT2D eigenvalue weighted by Gasteiger charge is 2.07. The fourth-order valence-electron chi connectivity index (χ4n) is 2.57. The summed E-state index contributed by atoms with van der Waals surface area (Å²) >= 11 is 3.34. The van der Waals surface area contributed by atoms with Crippen LogP contribution in [0.4, 0.5) is 0 Å². The summed E-state index contributed by atoms with van der Waals surface area (Å²) in [4.78, 5) is 27.1. The molecule has 0 spiro atoms. The number of hydrogen-bond acceptors (Lipinski definition) is 2. The Balaban J connectivity index is 1.69. The molecule has 5 heteroatoms. The molecule has 1 heterocycles. The Morgan fingerprint density at radius 1 is 1.12 bits per heavy atom. The van der Waals surface area contributed by atoms with Crippen LogP contribution in [0.5, 0.6) is 0 Å². The second-order valence-corrected chi connectivity index (χ2v) is 6.64. The average Bonchev–Trinajstić information content (AvgIpc) is 2.56. The normalized spacial score (nSPS) is 10.8. The van der Waals surface area contributed by atoms with Gasteiger partial charge in [-0.3, -0.25) is 9.59 Å². The van der Waals surface area contributed by atoms with Gasteiger partial charge in [0, 0.05) is 27.7 Å². The molecule has 122 valence electrons. The van der Waals surface area contributed by atoms with E-state index in [1.54, 1.807) is 12.1 Å². The van der Waals surface area contributed by atoms with Gasteiger partial charge in [0.15, 0.2) is 0 Å². The third kappa shape index (κ3) is 3.74. The molecule has 3 aromatic rings. The fourth-order valence-corrected chi connectivity index (χ4v) is 2.84. The first kappa shape index (κ1) is 16.5. The van der Waals surface area contributed by atoms with Crippen molar-refractivity contribution in [1.82, 2.24) is 10.3 Å². The molecule has 0 saturated heterocycles. The van der Waals surface area contributed by atoms with Crippen LogP contribution < -0.4 is 10.9 Å². The van der Waals surface area contributed by atoms with E-state index in [1.165, 1.54) is 0 Å². The van der Waals surface area contributed by atoms with Crippen LogP contribution in [-0.2, 0) is 6.42 Å². The largest absolute Gasteiger partial charge is 0.352 e. The Morgan fingerprint density at radius 3 is 2.62 bits per heavy atom. The van der Waals surface area contributed by atoms with Crippen molar-refractivity contribution >= 4 is 32.7 Å². The molecule has 0 aliphatic carbocycles. The minimum atomic E-state index is -0.143. The van der Waals surface area contributed by atoms with Crippen LogP contribution in [0, 0.1) is 6.92 Å². The maximum Gasteiger partial charge on any atom is 0.251 e. The van der Waals surface area contributed by atoms with Crippen LogP contribution in [0.3, 0.4) is 0 Å². The molecular formula is C19H17BrN2O2. The maximum absolute atomic E-state index is 12.1. The van der Waals surface area contributed by atoms with Crippen molar-refractivity contribution in [3.8, 4) is 0 Å². The summed E-state index contributed by atoms with van der Waals surface area (Å²) in [6.45, 7) is 2.43. The molecule has 2 aromatic carbocycles. The molecular weight excluding hydrogens is 368 g/mol. The van der Waals surface area contributed by atoms with Gasteiger partial charge in [0.25, 0.3) is 11.5 Å². The Hall–Kier alpha value is -2.40. The van der Waals surface area contributed by atoms with E-state index in [0.29, 0.717) is 24.1 Å². The minimum absolute atomic E-state index is 0.107. The van der Waals surface area contributed by atoms with Gasteiger partial charge in [-0.1, -0.05) is 27.6 Å². The topological polar surface area (TPSA) is 62.0 Å². The van der Waals surface area contributed by atoms with Crippen LogP contribution in [0.2, 0.25) is 0 Å². The van der Waals surface area contributed by atoms with Crippen LogP contribution in [-0.4, -0.2) is 17.4 Å². The van der Waals surface area contributed by atoms with E-state index in [1.807, 2.05) is 43.3 Å². The van der Waals surface area contributed by atoms with Gasteiger partial charge >= 0.3 is 0 Å². The van der Waals surface area contributed by atoms with Crippen LogP contribution in [0.25, 0.3) is 10.9 Å².